The van der Waals surface area contributed by atoms with Crippen molar-refractivity contribution in [1.29, 1.82) is 0 Å². The van der Waals surface area contributed by atoms with Gasteiger partial charge in [0.05, 0.1) is 5.69 Å². The van der Waals surface area contributed by atoms with E-state index in [1.165, 1.54) is 0 Å². The number of rotatable bonds is 4. The van der Waals surface area contributed by atoms with Gasteiger partial charge in [0.1, 0.15) is 0 Å². The first kappa shape index (κ1) is 11.5. The van der Waals surface area contributed by atoms with Gasteiger partial charge < -0.3 is 5.32 Å². The molecule has 1 aromatic rings. The molecule has 0 aliphatic heterocycles. The highest BCUT2D eigenvalue weighted by molar-refractivity contribution is 5.69. The molecule has 1 N–H and O–H groups in total. The van der Waals surface area contributed by atoms with Gasteiger partial charge in [0, 0.05) is 24.0 Å². The van der Waals surface area contributed by atoms with Crippen molar-refractivity contribution >= 4 is 11.8 Å². The summed E-state index contributed by atoms with van der Waals surface area (Å²) in [7, 11) is 1.85. The highest BCUT2D eigenvalue weighted by atomic mass is 14.8. The van der Waals surface area contributed by atoms with Crippen LogP contribution in [0.15, 0.2) is 25.3 Å². The number of aromatic nitrogens is 1. The van der Waals surface area contributed by atoms with E-state index < -0.39 is 0 Å². The number of hydrogen-bond donors (Lipinski definition) is 1. The Morgan fingerprint density at radius 2 is 2.13 bits per heavy atom. The van der Waals surface area contributed by atoms with Gasteiger partial charge in [0.15, 0.2) is 0 Å². The molecule has 1 aromatic heterocycles. The Labute approximate surface area is 91.7 Å². The second-order valence-electron chi connectivity index (χ2n) is 3.76. The van der Waals surface area contributed by atoms with Crippen LogP contribution in [0.4, 0.5) is 0 Å². The van der Waals surface area contributed by atoms with Crippen molar-refractivity contribution in [3.05, 3.63) is 42.2 Å². The van der Waals surface area contributed by atoms with Crippen LogP contribution in [0, 0.1) is 0 Å². The number of nitrogens with zero attached hydrogens (tertiary/aromatic N) is 1. The van der Waals surface area contributed by atoms with Crippen molar-refractivity contribution in [2.75, 3.05) is 7.05 Å². The van der Waals surface area contributed by atoms with E-state index in [4.69, 9.17) is 0 Å². The summed E-state index contributed by atoms with van der Waals surface area (Å²) in [6.07, 6.45) is 1.77. The van der Waals surface area contributed by atoms with Crippen LogP contribution in [0.3, 0.4) is 0 Å². The lowest BCUT2D eigenvalue weighted by Crippen LogP contribution is -2.06. The van der Waals surface area contributed by atoms with E-state index in [-0.39, 0.29) is 0 Å². The van der Waals surface area contributed by atoms with Gasteiger partial charge in [-0.05, 0) is 24.1 Å². The SMILES string of the molecule is C=Cc1nc(C(C)C)ccc1C(=C)NC. The molecule has 80 valence electrons. The first-order valence-electron chi connectivity index (χ1n) is 5.10. The molecule has 2 heteroatoms. The van der Waals surface area contributed by atoms with E-state index in [1.807, 2.05) is 19.2 Å². The summed E-state index contributed by atoms with van der Waals surface area (Å²) < 4.78 is 0. The van der Waals surface area contributed by atoms with Gasteiger partial charge in [-0.3, -0.25) is 4.98 Å². The summed E-state index contributed by atoms with van der Waals surface area (Å²) in [5.74, 6) is 0.431. The lowest BCUT2D eigenvalue weighted by Gasteiger charge is -2.11. The molecule has 0 saturated carbocycles. The van der Waals surface area contributed by atoms with Crippen LogP contribution in [0.25, 0.3) is 11.8 Å². The molecule has 0 spiro atoms. The summed E-state index contributed by atoms with van der Waals surface area (Å²) in [4.78, 5) is 4.54. The zero-order valence-corrected chi connectivity index (χ0v) is 9.67. The Kier molecular flexibility index (Phi) is 3.67. The third-order valence-corrected chi connectivity index (χ3v) is 2.36. The second kappa shape index (κ2) is 4.78. The molecule has 0 aromatic carbocycles. The van der Waals surface area contributed by atoms with Gasteiger partial charge in [-0.1, -0.05) is 27.0 Å². The van der Waals surface area contributed by atoms with Crippen molar-refractivity contribution < 1.29 is 0 Å². The Morgan fingerprint density at radius 1 is 1.47 bits per heavy atom. The highest BCUT2D eigenvalue weighted by Gasteiger charge is 2.07. The van der Waals surface area contributed by atoms with Gasteiger partial charge in [-0.2, -0.15) is 0 Å². The van der Waals surface area contributed by atoms with Gasteiger partial charge >= 0.3 is 0 Å². The van der Waals surface area contributed by atoms with Crippen molar-refractivity contribution in [2.24, 2.45) is 0 Å². The average Bonchev–Trinajstić information content (AvgIpc) is 2.27. The van der Waals surface area contributed by atoms with Gasteiger partial charge in [-0.25, -0.2) is 0 Å². The Morgan fingerprint density at radius 3 is 2.60 bits per heavy atom. The fourth-order valence-corrected chi connectivity index (χ4v) is 1.36. The standard InChI is InChI=1S/C13H18N2/c1-6-12-11(10(4)14-5)7-8-13(15-12)9(2)3/h6-9,14H,1,4H2,2-3,5H3. The van der Waals surface area contributed by atoms with Gasteiger partial charge in [0.25, 0.3) is 0 Å². The predicted octanol–water partition coefficient (Wildman–Crippen LogP) is 3.04. The van der Waals surface area contributed by atoms with E-state index in [9.17, 15) is 0 Å². The minimum atomic E-state index is 0.431. The fourth-order valence-electron chi connectivity index (χ4n) is 1.36. The predicted molar refractivity (Wildman–Crippen MR) is 66.5 cm³/mol. The number of nitrogens with one attached hydrogen (secondary N) is 1. The van der Waals surface area contributed by atoms with Crippen LogP contribution < -0.4 is 5.32 Å². The Bertz CT molecular complexity index is 378. The molecule has 0 saturated heterocycles. The van der Waals surface area contributed by atoms with Crippen LogP contribution in [-0.2, 0) is 0 Å². The highest BCUT2D eigenvalue weighted by Crippen LogP contribution is 2.19. The van der Waals surface area contributed by atoms with Crippen molar-refractivity contribution in [3.8, 4) is 0 Å². The van der Waals surface area contributed by atoms with E-state index in [2.05, 4.69) is 37.3 Å². The quantitative estimate of drug-likeness (QED) is 0.811. The summed E-state index contributed by atoms with van der Waals surface area (Å²) in [5, 5.41) is 3.02. The van der Waals surface area contributed by atoms with E-state index in [0.29, 0.717) is 5.92 Å². The molecule has 0 aliphatic rings. The van der Waals surface area contributed by atoms with Crippen LogP contribution in [-0.4, -0.2) is 12.0 Å². The number of hydrogen-bond acceptors (Lipinski definition) is 2. The molecule has 0 bridgehead atoms. The smallest absolute Gasteiger partial charge is 0.0720 e. The van der Waals surface area contributed by atoms with Crippen molar-refractivity contribution in [3.63, 3.8) is 0 Å². The molecule has 0 atom stereocenters. The molecule has 2 nitrogen and oxygen atoms in total. The lowest BCUT2D eigenvalue weighted by molar-refractivity contribution is 0.819. The lowest BCUT2D eigenvalue weighted by atomic mass is 10.1. The maximum absolute atomic E-state index is 4.54. The number of pyridine rings is 1. The molecule has 0 amide bonds. The van der Waals surface area contributed by atoms with E-state index >= 15 is 0 Å². The van der Waals surface area contributed by atoms with Crippen molar-refractivity contribution in [2.45, 2.75) is 19.8 Å². The molecule has 0 radical (unpaired) electrons. The van der Waals surface area contributed by atoms with Crippen LogP contribution >= 0.6 is 0 Å². The minimum absolute atomic E-state index is 0.431. The van der Waals surface area contributed by atoms with Crippen LogP contribution in [0.2, 0.25) is 0 Å². The zero-order chi connectivity index (χ0) is 11.4. The summed E-state index contributed by atoms with van der Waals surface area (Å²) in [6.45, 7) is 12.0. The van der Waals surface area contributed by atoms with Crippen LogP contribution in [0.5, 0.6) is 0 Å². The fraction of sp³-hybridized carbons (Fsp3) is 0.308. The van der Waals surface area contributed by atoms with Crippen molar-refractivity contribution in [1.82, 2.24) is 10.3 Å². The third kappa shape index (κ3) is 2.46. The minimum Gasteiger partial charge on any atom is -0.388 e. The van der Waals surface area contributed by atoms with E-state index in [0.717, 1.165) is 22.6 Å². The monoisotopic (exact) mass is 202 g/mol. The molecule has 0 aliphatic carbocycles. The average molecular weight is 202 g/mol. The first-order chi connectivity index (χ1) is 7.10. The summed E-state index contributed by atoms with van der Waals surface area (Å²) in [5.41, 5.74) is 3.85. The van der Waals surface area contributed by atoms with Crippen LogP contribution in [0.1, 0.15) is 36.7 Å². The second-order valence-corrected chi connectivity index (χ2v) is 3.76. The molecule has 0 fully saturated rings. The third-order valence-electron chi connectivity index (χ3n) is 2.36. The summed E-state index contributed by atoms with van der Waals surface area (Å²) in [6, 6.07) is 4.08. The van der Waals surface area contributed by atoms with Gasteiger partial charge in [-0.15, -0.1) is 0 Å². The maximum atomic E-state index is 4.54. The zero-order valence-electron chi connectivity index (χ0n) is 9.67. The molecular formula is C13H18N2. The molecular weight excluding hydrogens is 184 g/mol. The Balaban J connectivity index is 3.20. The topological polar surface area (TPSA) is 24.9 Å². The molecule has 1 heterocycles. The van der Waals surface area contributed by atoms with Gasteiger partial charge in [0.2, 0.25) is 0 Å². The largest absolute Gasteiger partial charge is 0.388 e. The maximum Gasteiger partial charge on any atom is 0.0720 e. The normalized spacial score (nSPS) is 10.1. The van der Waals surface area contributed by atoms with E-state index in [1.54, 1.807) is 6.08 Å². The Hall–Kier alpha value is -1.57. The first-order valence-corrected chi connectivity index (χ1v) is 5.10. The molecule has 0 unspecified atom stereocenters. The summed E-state index contributed by atoms with van der Waals surface area (Å²) >= 11 is 0. The molecule has 1 rings (SSSR count). The molecule has 15 heavy (non-hydrogen) atoms.